The lowest BCUT2D eigenvalue weighted by molar-refractivity contribution is -0.143. The van der Waals surface area contributed by atoms with Crippen molar-refractivity contribution in [1.29, 1.82) is 0 Å². The normalized spacial score (nSPS) is 15.1. The van der Waals surface area contributed by atoms with Crippen LogP contribution in [0.15, 0.2) is 42.0 Å². The highest BCUT2D eigenvalue weighted by Gasteiger charge is 2.32. The molecule has 2 aromatic carbocycles. The van der Waals surface area contributed by atoms with Gasteiger partial charge in [-0.2, -0.15) is 0 Å². The number of benzene rings is 2. The van der Waals surface area contributed by atoms with Crippen LogP contribution in [-0.4, -0.2) is 61.3 Å². The highest BCUT2D eigenvalue weighted by molar-refractivity contribution is 7.99. The Bertz CT molecular complexity index is 1240. The average Bonchev–Trinajstić information content (AvgIpc) is 3.58. The summed E-state index contributed by atoms with van der Waals surface area (Å²) < 4.78 is 16.5. The summed E-state index contributed by atoms with van der Waals surface area (Å²) in [6.45, 7) is 6.16. The van der Waals surface area contributed by atoms with Gasteiger partial charge in [-0.05, 0) is 44.4 Å². The number of anilines is 2. The summed E-state index contributed by atoms with van der Waals surface area (Å²) in [6, 6.07) is 8.57. The van der Waals surface area contributed by atoms with E-state index < -0.39 is 12.0 Å². The van der Waals surface area contributed by atoms with Gasteiger partial charge in [0.15, 0.2) is 0 Å². The number of amides is 2. The number of urea groups is 1. The van der Waals surface area contributed by atoms with E-state index in [0.717, 1.165) is 35.9 Å². The Kier molecular flexibility index (Phi) is 9.89. The zero-order valence-corrected chi connectivity index (χ0v) is 23.4. The van der Waals surface area contributed by atoms with E-state index in [1.165, 1.54) is 0 Å². The number of methoxy groups -OCH3 is 1. The first-order chi connectivity index (χ1) is 18.9. The summed E-state index contributed by atoms with van der Waals surface area (Å²) in [4.78, 5) is 40.1. The molecule has 10 heteroatoms. The smallest absolute Gasteiger partial charge is 0.341 e. The maximum atomic E-state index is 12.9. The van der Waals surface area contributed by atoms with Gasteiger partial charge < -0.3 is 24.8 Å². The molecule has 208 valence electrons. The minimum Gasteiger partial charge on any atom is -0.496 e. The molecule has 0 aromatic heterocycles. The number of nitrogens with one attached hydrogen (secondary N) is 2. The predicted octanol–water partition coefficient (Wildman–Crippen LogP) is 5.14. The molecule has 0 unspecified atom stereocenters. The third-order valence-electron chi connectivity index (χ3n) is 6.82. The number of nitrogens with zero attached hydrogens (tertiary/aromatic N) is 1. The van der Waals surface area contributed by atoms with Crippen LogP contribution in [0, 0.1) is 6.92 Å². The van der Waals surface area contributed by atoms with Gasteiger partial charge in [-0.15, -0.1) is 11.8 Å². The number of carbonyl (C=O) groups is 3. The van der Waals surface area contributed by atoms with Crippen molar-refractivity contribution >= 4 is 41.1 Å². The van der Waals surface area contributed by atoms with Crippen LogP contribution in [0.1, 0.15) is 46.8 Å². The number of ether oxygens (including phenoxy) is 3. The second-order valence-corrected chi connectivity index (χ2v) is 10.6. The van der Waals surface area contributed by atoms with E-state index in [0.29, 0.717) is 53.3 Å². The molecule has 0 spiro atoms. The zero-order valence-electron chi connectivity index (χ0n) is 22.6. The van der Waals surface area contributed by atoms with Crippen molar-refractivity contribution in [2.24, 2.45) is 0 Å². The van der Waals surface area contributed by atoms with E-state index in [1.807, 2.05) is 49.9 Å². The molecule has 0 atom stereocenters. The fourth-order valence-electron chi connectivity index (χ4n) is 4.65. The van der Waals surface area contributed by atoms with E-state index >= 15 is 0 Å². The first kappa shape index (κ1) is 28.5. The third kappa shape index (κ3) is 7.33. The lowest BCUT2D eigenvalue weighted by Crippen LogP contribution is -2.25. The number of cyclic esters (lactones) is 1. The monoisotopic (exact) mass is 553 g/mol. The highest BCUT2D eigenvalue weighted by atomic mass is 32.2. The largest absolute Gasteiger partial charge is 0.496 e. The van der Waals surface area contributed by atoms with Crippen LogP contribution in [-0.2, 0) is 27.3 Å². The standard InChI is InChI=1S/C29H35N3O6S/c1-19(10-12-24(33)37-15-13-32-14-16-39-18-32)9-11-22-26(31-29(35)30-21-7-5-4-6-8-21)25-23(17-38-28(25)34)20(2)27(22)36-3/h4-9H,10-18H2,1-3H3,(H2,30,31,35). The van der Waals surface area contributed by atoms with Crippen molar-refractivity contribution in [1.82, 2.24) is 4.90 Å². The van der Waals surface area contributed by atoms with Crippen LogP contribution in [0.4, 0.5) is 16.2 Å². The number of rotatable bonds is 11. The fraction of sp³-hybridized carbons (Fsp3) is 0.414. The molecule has 2 aromatic rings. The number of hydrogen-bond donors (Lipinski definition) is 2. The number of thioether (sulfide) groups is 1. The molecule has 0 saturated carbocycles. The van der Waals surface area contributed by atoms with E-state index in [4.69, 9.17) is 14.2 Å². The van der Waals surface area contributed by atoms with Gasteiger partial charge in [0.05, 0.1) is 18.4 Å². The molecule has 2 N–H and O–H groups in total. The van der Waals surface area contributed by atoms with Gasteiger partial charge >= 0.3 is 18.0 Å². The molecule has 2 heterocycles. The second-order valence-electron chi connectivity index (χ2n) is 9.52. The Hall–Kier alpha value is -3.50. The Morgan fingerprint density at radius 3 is 2.69 bits per heavy atom. The number of para-hydroxylation sites is 1. The highest BCUT2D eigenvalue weighted by Crippen LogP contribution is 2.41. The molecule has 1 fully saturated rings. The summed E-state index contributed by atoms with van der Waals surface area (Å²) in [5.74, 6) is 2.01. The van der Waals surface area contributed by atoms with Gasteiger partial charge in [-0.1, -0.05) is 29.8 Å². The van der Waals surface area contributed by atoms with Gasteiger partial charge in [0, 0.05) is 48.0 Å². The Morgan fingerprint density at radius 2 is 1.97 bits per heavy atom. The molecule has 39 heavy (non-hydrogen) atoms. The molecular formula is C29H35N3O6S. The van der Waals surface area contributed by atoms with Gasteiger partial charge in [0.1, 0.15) is 19.0 Å². The Morgan fingerprint density at radius 1 is 1.18 bits per heavy atom. The lowest BCUT2D eigenvalue weighted by Gasteiger charge is -2.20. The number of carbonyl (C=O) groups excluding carboxylic acids is 3. The van der Waals surface area contributed by atoms with Crippen LogP contribution >= 0.6 is 11.8 Å². The van der Waals surface area contributed by atoms with Crippen molar-refractivity contribution in [3.8, 4) is 5.75 Å². The molecule has 9 nitrogen and oxygen atoms in total. The maximum Gasteiger partial charge on any atom is 0.341 e. The van der Waals surface area contributed by atoms with Crippen molar-refractivity contribution in [2.75, 3.05) is 49.1 Å². The fourth-order valence-corrected chi connectivity index (χ4v) is 5.69. The summed E-state index contributed by atoms with van der Waals surface area (Å²) in [6.07, 6.45) is 3.20. The molecule has 2 aliphatic heterocycles. The molecule has 0 aliphatic carbocycles. The van der Waals surface area contributed by atoms with Crippen LogP contribution < -0.4 is 15.4 Å². The maximum absolute atomic E-state index is 12.9. The summed E-state index contributed by atoms with van der Waals surface area (Å²) in [5, 5.41) is 5.67. The zero-order chi connectivity index (χ0) is 27.8. The molecule has 1 saturated heterocycles. The number of allylic oxidation sites excluding steroid dienone is 2. The molecule has 0 bridgehead atoms. The first-order valence-corrected chi connectivity index (χ1v) is 14.2. The van der Waals surface area contributed by atoms with Gasteiger partial charge in [0.25, 0.3) is 0 Å². The number of hydrogen-bond acceptors (Lipinski definition) is 8. The molecule has 2 aliphatic rings. The topological polar surface area (TPSA) is 106 Å². The average molecular weight is 554 g/mol. The summed E-state index contributed by atoms with van der Waals surface area (Å²) >= 11 is 1.89. The Labute approximate surface area is 233 Å². The Balaban J connectivity index is 1.47. The van der Waals surface area contributed by atoms with E-state index in [1.54, 1.807) is 19.2 Å². The quantitative estimate of drug-likeness (QED) is 0.291. The summed E-state index contributed by atoms with van der Waals surface area (Å²) in [5.41, 5.74) is 4.49. The van der Waals surface area contributed by atoms with E-state index in [2.05, 4.69) is 15.5 Å². The molecular weight excluding hydrogens is 518 g/mol. The SMILES string of the molecule is COc1c(C)c2c(c(NC(=O)Nc3ccccc3)c1CC=C(C)CCC(=O)OCCN1CCSC1)C(=O)OC2. The van der Waals surface area contributed by atoms with Crippen LogP contribution in [0.3, 0.4) is 0 Å². The van der Waals surface area contributed by atoms with Crippen molar-refractivity contribution < 1.29 is 28.6 Å². The van der Waals surface area contributed by atoms with Crippen molar-refractivity contribution in [3.05, 3.63) is 64.2 Å². The number of fused-ring (bicyclic) bond motifs is 1. The summed E-state index contributed by atoms with van der Waals surface area (Å²) in [7, 11) is 1.57. The van der Waals surface area contributed by atoms with Gasteiger partial charge in [-0.3, -0.25) is 9.69 Å². The first-order valence-electron chi connectivity index (χ1n) is 13.0. The second kappa shape index (κ2) is 13.5. The van der Waals surface area contributed by atoms with Crippen molar-refractivity contribution in [3.63, 3.8) is 0 Å². The van der Waals surface area contributed by atoms with Crippen molar-refractivity contribution in [2.45, 2.75) is 39.7 Å². The van der Waals surface area contributed by atoms with Gasteiger partial charge in [-0.25, -0.2) is 9.59 Å². The minimum absolute atomic E-state index is 0.124. The van der Waals surface area contributed by atoms with E-state index in [9.17, 15) is 14.4 Å². The number of esters is 2. The van der Waals surface area contributed by atoms with Crippen LogP contribution in [0.5, 0.6) is 5.75 Å². The van der Waals surface area contributed by atoms with Crippen LogP contribution in [0.25, 0.3) is 0 Å². The predicted molar refractivity (Wildman–Crippen MR) is 152 cm³/mol. The van der Waals surface area contributed by atoms with Gasteiger partial charge in [0.2, 0.25) is 0 Å². The minimum atomic E-state index is -0.483. The van der Waals surface area contributed by atoms with Crippen LogP contribution in [0.2, 0.25) is 0 Å². The molecule has 4 rings (SSSR count). The lowest BCUT2D eigenvalue weighted by atomic mass is 9.93. The molecule has 2 amide bonds. The third-order valence-corrected chi connectivity index (χ3v) is 7.84. The van der Waals surface area contributed by atoms with E-state index in [-0.39, 0.29) is 19.0 Å². The molecule has 0 radical (unpaired) electrons.